The highest BCUT2D eigenvalue weighted by molar-refractivity contribution is 5.42. The first kappa shape index (κ1) is 14.8. The molecule has 0 aliphatic heterocycles. The third kappa shape index (κ3) is 3.37. The van der Waals surface area contributed by atoms with Gasteiger partial charge in [0.25, 0.3) is 0 Å². The topological polar surface area (TPSA) is 47.9 Å². The molecular weight excluding hydrogens is 232 g/mol. The van der Waals surface area contributed by atoms with Gasteiger partial charge >= 0.3 is 0 Å². The molecule has 4 nitrogen and oxygen atoms in total. The molecule has 2 unspecified atom stereocenters. The highest BCUT2D eigenvalue weighted by Gasteiger charge is 2.23. The average Bonchev–Trinajstić information content (AvgIpc) is 2.43. The largest absolute Gasteiger partial charge is 0.497 e. The van der Waals surface area contributed by atoms with Crippen LogP contribution in [-0.2, 0) is 4.74 Å². The van der Waals surface area contributed by atoms with Gasteiger partial charge in [0.15, 0.2) is 0 Å². The minimum absolute atomic E-state index is 0.240. The van der Waals surface area contributed by atoms with Gasteiger partial charge in [0.05, 0.1) is 20.3 Å². The van der Waals surface area contributed by atoms with Crippen molar-refractivity contribution in [3.8, 4) is 11.5 Å². The maximum Gasteiger partial charge on any atom is 0.125 e. The molecule has 0 aliphatic carbocycles. The molecular formula is C14H22O4. The predicted molar refractivity (Wildman–Crippen MR) is 70.2 cm³/mol. The van der Waals surface area contributed by atoms with Crippen LogP contribution in [0.1, 0.15) is 31.4 Å². The first-order valence-electron chi connectivity index (χ1n) is 6.10. The van der Waals surface area contributed by atoms with Gasteiger partial charge in [-0.1, -0.05) is 13.3 Å². The van der Waals surface area contributed by atoms with Crippen LogP contribution in [0.5, 0.6) is 11.5 Å². The normalized spacial score (nSPS) is 14.1. The molecule has 0 amide bonds. The zero-order valence-corrected chi connectivity index (χ0v) is 11.5. The minimum atomic E-state index is -0.722. The molecule has 1 N–H and O–H groups in total. The average molecular weight is 254 g/mol. The molecule has 0 saturated carbocycles. The highest BCUT2D eigenvalue weighted by Crippen LogP contribution is 2.32. The van der Waals surface area contributed by atoms with Gasteiger partial charge in [0.2, 0.25) is 0 Å². The smallest absolute Gasteiger partial charge is 0.125 e. The van der Waals surface area contributed by atoms with Gasteiger partial charge in [-0.05, 0) is 24.6 Å². The summed E-state index contributed by atoms with van der Waals surface area (Å²) in [4.78, 5) is 0. The number of methoxy groups -OCH3 is 3. The van der Waals surface area contributed by atoms with Crippen molar-refractivity contribution in [3.63, 3.8) is 0 Å². The van der Waals surface area contributed by atoms with Gasteiger partial charge in [0, 0.05) is 12.7 Å². The highest BCUT2D eigenvalue weighted by atomic mass is 16.5. The van der Waals surface area contributed by atoms with E-state index in [0.717, 1.165) is 12.8 Å². The van der Waals surface area contributed by atoms with Crippen molar-refractivity contribution >= 4 is 0 Å². The van der Waals surface area contributed by atoms with E-state index in [1.807, 2.05) is 0 Å². The minimum Gasteiger partial charge on any atom is -0.497 e. The van der Waals surface area contributed by atoms with E-state index in [1.54, 1.807) is 39.5 Å². The summed E-state index contributed by atoms with van der Waals surface area (Å²) in [6.45, 7) is 2.06. The molecule has 1 aromatic rings. The van der Waals surface area contributed by atoms with E-state index in [-0.39, 0.29) is 6.10 Å². The van der Waals surface area contributed by atoms with Crippen LogP contribution in [0.2, 0.25) is 0 Å². The Kier molecular flexibility index (Phi) is 5.95. The molecule has 2 atom stereocenters. The fourth-order valence-electron chi connectivity index (χ4n) is 1.96. The van der Waals surface area contributed by atoms with Gasteiger partial charge in [-0.25, -0.2) is 0 Å². The molecule has 0 saturated heterocycles. The zero-order chi connectivity index (χ0) is 13.5. The number of hydrogen-bond acceptors (Lipinski definition) is 4. The summed E-state index contributed by atoms with van der Waals surface area (Å²) in [7, 11) is 4.79. The number of aliphatic hydroxyl groups is 1. The van der Waals surface area contributed by atoms with Crippen molar-refractivity contribution < 1.29 is 19.3 Å². The Hall–Kier alpha value is -1.26. The number of hydrogen-bond donors (Lipinski definition) is 1. The Morgan fingerprint density at radius 1 is 1.17 bits per heavy atom. The predicted octanol–water partition coefficient (Wildman–Crippen LogP) is 2.55. The van der Waals surface area contributed by atoms with Crippen LogP contribution < -0.4 is 9.47 Å². The van der Waals surface area contributed by atoms with E-state index < -0.39 is 6.10 Å². The maximum atomic E-state index is 10.4. The molecule has 1 rings (SSSR count). The van der Waals surface area contributed by atoms with Crippen LogP contribution in [0, 0.1) is 0 Å². The van der Waals surface area contributed by atoms with Crippen molar-refractivity contribution in [2.45, 2.75) is 32.0 Å². The first-order chi connectivity index (χ1) is 8.67. The van der Waals surface area contributed by atoms with Gasteiger partial charge in [0.1, 0.15) is 17.6 Å². The van der Waals surface area contributed by atoms with E-state index in [0.29, 0.717) is 17.1 Å². The molecule has 0 aliphatic rings. The Balaban J connectivity index is 3.04. The van der Waals surface area contributed by atoms with Crippen molar-refractivity contribution in [3.05, 3.63) is 23.8 Å². The lowest BCUT2D eigenvalue weighted by Gasteiger charge is -2.23. The van der Waals surface area contributed by atoms with Crippen LogP contribution >= 0.6 is 0 Å². The van der Waals surface area contributed by atoms with Gasteiger partial charge in [-0.2, -0.15) is 0 Å². The quantitative estimate of drug-likeness (QED) is 0.812. The molecule has 0 bridgehead atoms. The summed E-state index contributed by atoms with van der Waals surface area (Å²) in [5.74, 6) is 1.33. The van der Waals surface area contributed by atoms with E-state index in [9.17, 15) is 5.11 Å². The van der Waals surface area contributed by atoms with E-state index in [2.05, 4.69) is 6.92 Å². The van der Waals surface area contributed by atoms with E-state index in [4.69, 9.17) is 14.2 Å². The molecule has 0 aromatic heterocycles. The Bertz CT molecular complexity index is 365. The molecule has 0 fully saturated rings. The molecule has 0 radical (unpaired) electrons. The first-order valence-corrected chi connectivity index (χ1v) is 6.10. The van der Waals surface area contributed by atoms with Crippen molar-refractivity contribution in [1.29, 1.82) is 0 Å². The lowest BCUT2D eigenvalue weighted by Crippen LogP contribution is -2.21. The molecule has 102 valence electrons. The van der Waals surface area contributed by atoms with Crippen LogP contribution in [-0.4, -0.2) is 32.5 Å². The summed E-state index contributed by atoms with van der Waals surface area (Å²) >= 11 is 0. The zero-order valence-electron chi connectivity index (χ0n) is 11.5. The van der Waals surface area contributed by atoms with E-state index >= 15 is 0 Å². The number of ether oxygens (including phenoxy) is 3. The monoisotopic (exact) mass is 254 g/mol. The molecule has 4 heteroatoms. The SMILES string of the molecule is CCCC(OC)C(O)c1cc(OC)ccc1OC. The van der Waals surface area contributed by atoms with Gasteiger partial charge in [-0.15, -0.1) is 0 Å². The lowest BCUT2D eigenvalue weighted by atomic mass is 9.99. The molecule has 1 aromatic carbocycles. The number of benzene rings is 1. The summed E-state index contributed by atoms with van der Waals surface area (Å²) in [5.41, 5.74) is 0.692. The van der Waals surface area contributed by atoms with Crippen LogP contribution in [0.15, 0.2) is 18.2 Å². The molecule has 18 heavy (non-hydrogen) atoms. The summed E-state index contributed by atoms with van der Waals surface area (Å²) < 4.78 is 15.8. The van der Waals surface area contributed by atoms with Gasteiger partial charge < -0.3 is 19.3 Å². The van der Waals surface area contributed by atoms with E-state index in [1.165, 1.54) is 0 Å². The second-order valence-corrected chi connectivity index (χ2v) is 4.12. The van der Waals surface area contributed by atoms with Crippen LogP contribution in [0.25, 0.3) is 0 Å². The maximum absolute atomic E-state index is 10.4. The fraction of sp³-hybridized carbons (Fsp3) is 0.571. The Labute approximate surface area is 108 Å². The van der Waals surface area contributed by atoms with Crippen molar-refractivity contribution in [2.24, 2.45) is 0 Å². The Morgan fingerprint density at radius 2 is 1.89 bits per heavy atom. The summed E-state index contributed by atoms with van der Waals surface area (Å²) in [6, 6.07) is 5.37. The standard InChI is InChI=1S/C14H22O4/c1-5-6-13(18-4)14(15)11-9-10(16-2)7-8-12(11)17-3/h7-9,13-15H,5-6H2,1-4H3. The molecule has 0 heterocycles. The van der Waals surface area contributed by atoms with Crippen molar-refractivity contribution in [1.82, 2.24) is 0 Å². The number of rotatable bonds is 7. The fourth-order valence-corrected chi connectivity index (χ4v) is 1.96. The van der Waals surface area contributed by atoms with Gasteiger partial charge in [-0.3, -0.25) is 0 Å². The second kappa shape index (κ2) is 7.24. The lowest BCUT2D eigenvalue weighted by molar-refractivity contribution is -0.0190. The number of aliphatic hydroxyl groups excluding tert-OH is 1. The Morgan fingerprint density at radius 3 is 2.39 bits per heavy atom. The third-order valence-electron chi connectivity index (χ3n) is 2.98. The third-order valence-corrected chi connectivity index (χ3v) is 2.98. The van der Waals surface area contributed by atoms with Crippen LogP contribution in [0.4, 0.5) is 0 Å². The van der Waals surface area contributed by atoms with Crippen LogP contribution in [0.3, 0.4) is 0 Å². The molecule has 0 spiro atoms. The van der Waals surface area contributed by atoms with Crippen molar-refractivity contribution in [2.75, 3.05) is 21.3 Å². The second-order valence-electron chi connectivity index (χ2n) is 4.12. The summed E-state index contributed by atoms with van der Waals surface area (Å²) in [5, 5.41) is 10.4. The summed E-state index contributed by atoms with van der Waals surface area (Å²) in [6.07, 6.45) is 0.774.